The fourth-order valence-corrected chi connectivity index (χ4v) is 3.24. The lowest BCUT2D eigenvalue weighted by atomic mass is 10.0. The van der Waals surface area contributed by atoms with Crippen molar-refractivity contribution >= 4 is 5.65 Å². The van der Waals surface area contributed by atoms with Crippen LogP contribution in [0.1, 0.15) is 38.3 Å². The van der Waals surface area contributed by atoms with Gasteiger partial charge in [0.2, 0.25) is 0 Å². The summed E-state index contributed by atoms with van der Waals surface area (Å²) >= 11 is 0. The highest BCUT2D eigenvalue weighted by atomic mass is 15.2. The third kappa shape index (κ3) is 3.83. The minimum atomic E-state index is 0.655. The highest BCUT2D eigenvalue weighted by molar-refractivity contribution is 5.39. The summed E-state index contributed by atoms with van der Waals surface area (Å²) in [6.07, 6.45) is 9.43. The lowest BCUT2D eigenvalue weighted by Crippen LogP contribution is -2.43. The molecule has 0 aliphatic carbocycles. The number of hydrogen-bond acceptors (Lipinski definition) is 3. The zero-order chi connectivity index (χ0) is 14.5. The van der Waals surface area contributed by atoms with E-state index in [4.69, 9.17) is 4.98 Å². The van der Waals surface area contributed by atoms with Gasteiger partial charge >= 0.3 is 0 Å². The third-order valence-electron chi connectivity index (χ3n) is 4.23. The van der Waals surface area contributed by atoms with Gasteiger partial charge in [-0.25, -0.2) is 4.98 Å². The maximum atomic E-state index is 4.73. The Morgan fingerprint density at radius 1 is 1.38 bits per heavy atom. The van der Waals surface area contributed by atoms with Crippen LogP contribution in [-0.2, 0) is 6.54 Å². The molecule has 114 valence electrons. The Morgan fingerprint density at radius 3 is 3.10 bits per heavy atom. The van der Waals surface area contributed by atoms with Gasteiger partial charge in [0.1, 0.15) is 5.65 Å². The van der Waals surface area contributed by atoms with Crippen molar-refractivity contribution < 1.29 is 0 Å². The summed E-state index contributed by atoms with van der Waals surface area (Å²) in [4.78, 5) is 7.28. The predicted molar refractivity (Wildman–Crippen MR) is 86.4 cm³/mol. The lowest BCUT2D eigenvalue weighted by Gasteiger charge is -2.30. The zero-order valence-electron chi connectivity index (χ0n) is 13.0. The van der Waals surface area contributed by atoms with Gasteiger partial charge in [0.05, 0.1) is 5.69 Å². The van der Waals surface area contributed by atoms with Gasteiger partial charge in [-0.1, -0.05) is 19.4 Å². The number of hydrogen-bond donors (Lipinski definition) is 1. The molecule has 0 bridgehead atoms. The maximum absolute atomic E-state index is 4.73. The molecular formula is C17H26N4. The van der Waals surface area contributed by atoms with Gasteiger partial charge in [0.15, 0.2) is 0 Å². The zero-order valence-corrected chi connectivity index (χ0v) is 13.0. The van der Waals surface area contributed by atoms with Gasteiger partial charge in [-0.05, 0) is 44.5 Å². The molecule has 3 rings (SSSR count). The molecule has 0 aromatic carbocycles. The van der Waals surface area contributed by atoms with E-state index in [1.807, 2.05) is 12.1 Å². The van der Waals surface area contributed by atoms with E-state index in [-0.39, 0.29) is 0 Å². The molecule has 2 aromatic heterocycles. The van der Waals surface area contributed by atoms with E-state index in [0.29, 0.717) is 6.04 Å². The first kappa shape index (κ1) is 14.5. The summed E-state index contributed by atoms with van der Waals surface area (Å²) < 4.78 is 2.11. The molecular weight excluding hydrogens is 260 g/mol. The number of imidazole rings is 1. The Morgan fingerprint density at radius 2 is 2.33 bits per heavy atom. The van der Waals surface area contributed by atoms with Crippen molar-refractivity contribution in [1.29, 1.82) is 0 Å². The highest BCUT2D eigenvalue weighted by Crippen LogP contribution is 2.12. The largest absolute Gasteiger partial charge is 0.313 e. The van der Waals surface area contributed by atoms with E-state index in [1.54, 1.807) is 0 Å². The van der Waals surface area contributed by atoms with Crippen LogP contribution in [0.4, 0.5) is 0 Å². The van der Waals surface area contributed by atoms with E-state index in [0.717, 1.165) is 25.3 Å². The predicted octanol–water partition coefficient (Wildman–Crippen LogP) is 2.69. The molecule has 1 unspecified atom stereocenters. The molecule has 0 amide bonds. The summed E-state index contributed by atoms with van der Waals surface area (Å²) in [7, 11) is 0. The molecule has 4 heteroatoms. The van der Waals surface area contributed by atoms with Gasteiger partial charge < -0.3 is 9.72 Å². The summed E-state index contributed by atoms with van der Waals surface area (Å²) in [5.74, 6) is 0. The first-order chi connectivity index (χ1) is 10.3. The fourth-order valence-electron chi connectivity index (χ4n) is 3.24. The SMILES string of the molecule is CCCN(Cc1cn2ccccc2n1)CC1CCCCN1. The molecule has 4 nitrogen and oxygen atoms in total. The van der Waals surface area contributed by atoms with E-state index >= 15 is 0 Å². The fraction of sp³-hybridized carbons (Fsp3) is 0.588. The Balaban J connectivity index is 1.65. The Kier molecular flexibility index (Phi) is 4.88. The topological polar surface area (TPSA) is 32.6 Å². The first-order valence-corrected chi connectivity index (χ1v) is 8.23. The van der Waals surface area contributed by atoms with E-state index in [9.17, 15) is 0 Å². The van der Waals surface area contributed by atoms with Crippen molar-refractivity contribution in [3.05, 3.63) is 36.3 Å². The average molecular weight is 286 g/mol. The van der Waals surface area contributed by atoms with Crippen LogP contribution in [0.5, 0.6) is 0 Å². The molecule has 1 aliphatic heterocycles. The van der Waals surface area contributed by atoms with Gasteiger partial charge in [-0.2, -0.15) is 0 Å². The van der Waals surface area contributed by atoms with Crippen molar-refractivity contribution in [2.24, 2.45) is 0 Å². The monoisotopic (exact) mass is 286 g/mol. The molecule has 1 atom stereocenters. The van der Waals surface area contributed by atoms with Crippen LogP contribution in [0, 0.1) is 0 Å². The molecule has 1 saturated heterocycles. The van der Waals surface area contributed by atoms with Gasteiger partial charge in [0, 0.05) is 31.5 Å². The van der Waals surface area contributed by atoms with Crippen molar-refractivity contribution in [2.75, 3.05) is 19.6 Å². The van der Waals surface area contributed by atoms with Crippen molar-refractivity contribution in [3.63, 3.8) is 0 Å². The number of piperidine rings is 1. The Bertz CT molecular complexity index is 524. The Hall–Kier alpha value is -1.39. The standard InChI is InChI=1S/C17H26N4/c1-2-10-20(12-15-7-3-5-9-18-15)13-16-14-21-11-6-4-8-17(21)19-16/h4,6,8,11,14-15,18H,2-3,5,7,9-10,12-13H2,1H3. The van der Waals surface area contributed by atoms with Crippen molar-refractivity contribution in [2.45, 2.75) is 45.2 Å². The summed E-state index contributed by atoms with van der Waals surface area (Å²) in [6, 6.07) is 6.81. The van der Waals surface area contributed by atoms with Crippen LogP contribution in [-0.4, -0.2) is 40.0 Å². The quantitative estimate of drug-likeness (QED) is 0.886. The summed E-state index contributed by atoms with van der Waals surface area (Å²) in [5.41, 5.74) is 2.21. The van der Waals surface area contributed by atoms with Crippen LogP contribution >= 0.6 is 0 Å². The van der Waals surface area contributed by atoms with Crippen LogP contribution in [0.15, 0.2) is 30.6 Å². The molecule has 1 N–H and O–H groups in total. The molecule has 1 fully saturated rings. The average Bonchev–Trinajstić information content (AvgIpc) is 2.90. The molecule has 0 spiro atoms. The van der Waals surface area contributed by atoms with Gasteiger partial charge in [0.25, 0.3) is 0 Å². The number of aromatic nitrogens is 2. The second kappa shape index (κ2) is 7.05. The Labute approximate surface area is 127 Å². The molecule has 0 saturated carbocycles. The second-order valence-corrected chi connectivity index (χ2v) is 6.08. The van der Waals surface area contributed by atoms with Crippen LogP contribution < -0.4 is 5.32 Å². The van der Waals surface area contributed by atoms with Crippen molar-refractivity contribution in [1.82, 2.24) is 19.6 Å². The number of nitrogens with zero attached hydrogens (tertiary/aromatic N) is 3. The normalized spacial score (nSPS) is 19.4. The number of nitrogens with one attached hydrogen (secondary N) is 1. The minimum Gasteiger partial charge on any atom is -0.313 e. The summed E-state index contributed by atoms with van der Waals surface area (Å²) in [6.45, 7) is 6.67. The van der Waals surface area contributed by atoms with Crippen LogP contribution in [0.25, 0.3) is 5.65 Å². The smallest absolute Gasteiger partial charge is 0.137 e. The van der Waals surface area contributed by atoms with E-state index in [1.165, 1.54) is 37.9 Å². The van der Waals surface area contributed by atoms with Crippen molar-refractivity contribution in [3.8, 4) is 0 Å². The van der Waals surface area contributed by atoms with E-state index in [2.05, 4.69) is 40.0 Å². The minimum absolute atomic E-state index is 0.655. The highest BCUT2D eigenvalue weighted by Gasteiger charge is 2.17. The van der Waals surface area contributed by atoms with Gasteiger partial charge in [-0.3, -0.25) is 4.90 Å². The van der Waals surface area contributed by atoms with Crippen LogP contribution in [0.3, 0.4) is 0 Å². The van der Waals surface area contributed by atoms with Gasteiger partial charge in [-0.15, -0.1) is 0 Å². The van der Waals surface area contributed by atoms with Crippen LogP contribution in [0.2, 0.25) is 0 Å². The lowest BCUT2D eigenvalue weighted by molar-refractivity contribution is 0.215. The molecule has 0 radical (unpaired) electrons. The molecule has 2 aromatic rings. The summed E-state index contributed by atoms with van der Waals surface area (Å²) in [5, 5.41) is 3.65. The number of pyridine rings is 1. The number of rotatable bonds is 6. The first-order valence-electron chi connectivity index (χ1n) is 8.23. The molecule has 21 heavy (non-hydrogen) atoms. The maximum Gasteiger partial charge on any atom is 0.137 e. The third-order valence-corrected chi connectivity index (χ3v) is 4.23. The second-order valence-electron chi connectivity index (χ2n) is 6.08. The molecule has 1 aliphatic rings. The van der Waals surface area contributed by atoms with E-state index < -0.39 is 0 Å². The molecule has 3 heterocycles. The number of fused-ring (bicyclic) bond motifs is 1.